The van der Waals surface area contributed by atoms with Crippen molar-refractivity contribution >= 4 is 11.9 Å². The van der Waals surface area contributed by atoms with Crippen molar-refractivity contribution in [2.24, 2.45) is 11.8 Å². The van der Waals surface area contributed by atoms with Gasteiger partial charge in [0.2, 0.25) is 5.91 Å². The van der Waals surface area contributed by atoms with Crippen molar-refractivity contribution in [3.8, 4) is 0 Å². The second kappa shape index (κ2) is 5.72. The van der Waals surface area contributed by atoms with E-state index in [1.807, 2.05) is 0 Å². The van der Waals surface area contributed by atoms with Gasteiger partial charge in [-0.05, 0) is 50.5 Å². The van der Waals surface area contributed by atoms with Crippen LogP contribution in [0.25, 0.3) is 0 Å². The van der Waals surface area contributed by atoms with E-state index in [2.05, 4.69) is 5.32 Å². The molecule has 5 nitrogen and oxygen atoms in total. The molecule has 112 valence electrons. The Morgan fingerprint density at radius 3 is 2.60 bits per heavy atom. The molecule has 20 heavy (non-hydrogen) atoms. The molecule has 1 heterocycles. The molecule has 3 aliphatic rings. The van der Waals surface area contributed by atoms with Gasteiger partial charge >= 0.3 is 5.97 Å². The molecular weight excluding hydrogens is 256 g/mol. The standard InChI is InChI=1S/C15H24N2O3/c18-14(9-16-8-10-5-6-10)17-12-4-2-1-3-11(12)7-13(17)15(19)20/h10-13,16H,1-9H2,(H,19,20). The maximum atomic E-state index is 12.4. The van der Waals surface area contributed by atoms with Gasteiger partial charge in [0.05, 0.1) is 6.54 Å². The van der Waals surface area contributed by atoms with E-state index in [0.717, 1.165) is 31.7 Å². The number of rotatable bonds is 5. The molecule has 3 unspecified atom stereocenters. The highest BCUT2D eigenvalue weighted by molar-refractivity contribution is 5.86. The quantitative estimate of drug-likeness (QED) is 0.794. The molecule has 1 aliphatic heterocycles. The molecule has 0 radical (unpaired) electrons. The third-order valence-corrected chi connectivity index (χ3v) is 5.07. The van der Waals surface area contributed by atoms with Crippen LogP contribution in [0, 0.1) is 11.8 Å². The topological polar surface area (TPSA) is 69.6 Å². The van der Waals surface area contributed by atoms with Crippen molar-refractivity contribution < 1.29 is 14.7 Å². The summed E-state index contributed by atoms with van der Waals surface area (Å²) in [5.74, 6) is 0.277. The van der Waals surface area contributed by atoms with Crippen LogP contribution in [0.2, 0.25) is 0 Å². The number of amides is 1. The summed E-state index contributed by atoms with van der Waals surface area (Å²) in [6, 6.07) is -0.432. The predicted octanol–water partition coefficient (Wildman–Crippen LogP) is 1.23. The molecule has 1 amide bonds. The number of carbonyl (C=O) groups excluding carboxylic acids is 1. The van der Waals surface area contributed by atoms with Crippen LogP contribution in [-0.2, 0) is 9.59 Å². The van der Waals surface area contributed by atoms with Gasteiger partial charge in [-0.3, -0.25) is 4.79 Å². The van der Waals surface area contributed by atoms with Crippen molar-refractivity contribution in [1.82, 2.24) is 10.2 Å². The van der Waals surface area contributed by atoms with E-state index in [9.17, 15) is 14.7 Å². The van der Waals surface area contributed by atoms with E-state index in [1.54, 1.807) is 4.90 Å². The molecule has 2 N–H and O–H groups in total. The van der Waals surface area contributed by atoms with E-state index >= 15 is 0 Å². The van der Waals surface area contributed by atoms with Crippen LogP contribution in [0.3, 0.4) is 0 Å². The summed E-state index contributed by atoms with van der Waals surface area (Å²) in [6.07, 6.45) is 7.51. The summed E-state index contributed by atoms with van der Waals surface area (Å²) in [6.45, 7) is 1.19. The smallest absolute Gasteiger partial charge is 0.326 e. The number of nitrogens with zero attached hydrogens (tertiary/aromatic N) is 1. The molecule has 0 spiro atoms. The van der Waals surface area contributed by atoms with Crippen molar-refractivity contribution in [3.05, 3.63) is 0 Å². The monoisotopic (exact) mass is 280 g/mol. The zero-order chi connectivity index (χ0) is 14.1. The van der Waals surface area contributed by atoms with Crippen LogP contribution in [0.5, 0.6) is 0 Å². The van der Waals surface area contributed by atoms with Gasteiger partial charge in [0, 0.05) is 6.04 Å². The second-order valence-corrected chi connectivity index (χ2v) is 6.58. The molecule has 5 heteroatoms. The van der Waals surface area contributed by atoms with Gasteiger partial charge in [-0.25, -0.2) is 4.79 Å². The zero-order valence-electron chi connectivity index (χ0n) is 11.9. The maximum Gasteiger partial charge on any atom is 0.326 e. The van der Waals surface area contributed by atoms with Crippen LogP contribution in [0.1, 0.15) is 44.9 Å². The van der Waals surface area contributed by atoms with Gasteiger partial charge in [0.25, 0.3) is 0 Å². The highest BCUT2D eigenvalue weighted by Gasteiger charge is 2.47. The van der Waals surface area contributed by atoms with E-state index < -0.39 is 12.0 Å². The number of carboxylic acids is 1. The normalized spacial score (nSPS) is 33.0. The second-order valence-electron chi connectivity index (χ2n) is 6.58. The van der Waals surface area contributed by atoms with E-state index in [0.29, 0.717) is 18.9 Å². The highest BCUT2D eigenvalue weighted by Crippen LogP contribution is 2.39. The van der Waals surface area contributed by atoms with Crippen molar-refractivity contribution in [1.29, 1.82) is 0 Å². The van der Waals surface area contributed by atoms with Crippen molar-refractivity contribution in [2.45, 2.75) is 57.0 Å². The number of carboxylic acid groups (broad SMARTS) is 1. The Morgan fingerprint density at radius 1 is 1.15 bits per heavy atom. The number of aliphatic carboxylic acids is 1. The summed E-state index contributed by atoms with van der Waals surface area (Å²) in [4.78, 5) is 25.5. The molecular formula is C15H24N2O3. The molecule has 3 atom stereocenters. The fourth-order valence-corrected chi connectivity index (χ4v) is 3.84. The summed E-state index contributed by atoms with van der Waals surface area (Å²) in [5, 5.41) is 12.6. The average Bonchev–Trinajstić information content (AvgIpc) is 3.16. The lowest BCUT2D eigenvalue weighted by Crippen LogP contribution is -2.49. The van der Waals surface area contributed by atoms with Crippen LogP contribution in [-0.4, -0.2) is 47.1 Å². The van der Waals surface area contributed by atoms with Crippen molar-refractivity contribution in [3.63, 3.8) is 0 Å². The molecule has 0 aromatic carbocycles. The molecule has 1 saturated heterocycles. The highest BCUT2D eigenvalue weighted by atomic mass is 16.4. The average molecular weight is 280 g/mol. The lowest BCUT2D eigenvalue weighted by molar-refractivity contribution is -0.149. The first-order chi connectivity index (χ1) is 9.66. The zero-order valence-corrected chi connectivity index (χ0v) is 11.9. The lowest BCUT2D eigenvalue weighted by atomic mass is 9.85. The Bertz CT molecular complexity index is 395. The molecule has 2 aliphatic carbocycles. The molecule has 0 aromatic heterocycles. The molecule has 3 rings (SSSR count). The van der Waals surface area contributed by atoms with E-state index in [4.69, 9.17) is 0 Å². The summed E-state index contributed by atoms with van der Waals surface area (Å²) in [5.41, 5.74) is 0. The SMILES string of the molecule is O=C(O)C1CC2CCCCC2N1C(=O)CNCC1CC1. The van der Waals surface area contributed by atoms with Crippen LogP contribution < -0.4 is 5.32 Å². The Morgan fingerprint density at radius 2 is 1.90 bits per heavy atom. The maximum absolute atomic E-state index is 12.4. The van der Waals surface area contributed by atoms with Crippen LogP contribution >= 0.6 is 0 Å². The van der Waals surface area contributed by atoms with E-state index in [1.165, 1.54) is 19.3 Å². The number of hydrogen-bond acceptors (Lipinski definition) is 3. The minimum Gasteiger partial charge on any atom is -0.480 e. The lowest BCUT2D eigenvalue weighted by Gasteiger charge is -2.33. The van der Waals surface area contributed by atoms with Gasteiger partial charge in [0.1, 0.15) is 6.04 Å². The third-order valence-electron chi connectivity index (χ3n) is 5.07. The first kappa shape index (κ1) is 13.9. The minimum absolute atomic E-state index is 0.0209. The Hall–Kier alpha value is -1.10. The first-order valence-electron chi connectivity index (χ1n) is 7.91. The van der Waals surface area contributed by atoms with Gasteiger partial charge in [-0.2, -0.15) is 0 Å². The predicted molar refractivity (Wildman–Crippen MR) is 74.2 cm³/mol. The van der Waals surface area contributed by atoms with E-state index in [-0.39, 0.29) is 11.9 Å². The summed E-state index contributed by atoms with van der Waals surface area (Å²) >= 11 is 0. The fraction of sp³-hybridized carbons (Fsp3) is 0.867. The number of fused-ring (bicyclic) bond motifs is 1. The third kappa shape index (κ3) is 2.82. The van der Waals surface area contributed by atoms with Gasteiger partial charge in [-0.1, -0.05) is 12.8 Å². The number of hydrogen-bond donors (Lipinski definition) is 2. The fourth-order valence-electron chi connectivity index (χ4n) is 3.84. The largest absolute Gasteiger partial charge is 0.480 e. The van der Waals surface area contributed by atoms with Gasteiger partial charge in [-0.15, -0.1) is 0 Å². The van der Waals surface area contributed by atoms with Gasteiger partial charge in [0.15, 0.2) is 0 Å². The molecule has 3 fully saturated rings. The Kier molecular flexibility index (Phi) is 3.96. The van der Waals surface area contributed by atoms with Crippen LogP contribution in [0.4, 0.5) is 0 Å². The number of carbonyl (C=O) groups is 2. The molecule has 0 aromatic rings. The Labute approximate surface area is 119 Å². The molecule has 0 bridgehead atoms. The Balaban J connectivity index is 1.62. The summed E-state index contributed by atoms with van der Waals surface area (Å²) in [7, 11) is 0. The number of nitrogens with one attached hydrogen (secondary N) is 1. The first-order valence-corrected chi connectivity index (χ1v) is 7.91. The summed E-state index contributed by atoms with van der Waals surface area (Å²) < 4.78 is 0. The van der Waals surface area contributed by atoms with Crippen molar-refractivity contribution in [2.75, 3.05) is 13.1 Å². The molecule has 2 saturated carbocycles. The number of likely N-dealkylation sites (tertiary alicyclic amines) is 1. The van der Waals surface area contributed by atoms with Crippen LogP contribution in [0.15, 0.2) is 0 Å². The van der Waals surface area contributed by atoms with Gasteiger partial charge < -0.3 is 15.3 Å². The minimum atomic E-state index is -0.838.